The number of hydrogen-bond acceptors (Lipinski definition) is 6. The molecule has 1 fully saturated rings. The fourth-order valence-corrected chi connectivity index (χ4v) is 4.30. The van der Waals surface area contributed by atoms with Crippen LogP contribution >= 0.6 is 11.6 Å². The smallest absolute Gasteiger partial charge is 0.336 e. The molecule has 2 heterocycles. The number of rotatable bonds is 7. The van der Waals surface area contributed by atoms with Crippen LogP contribution in [0.4, 0.5) is 5.69 Å². The minimum atomic E-state index is -0.465. The highest BCUT2D eigenvalue weighted by atomic mass is 35.5. The van der Waals surface area contributed by atoms with Crippen LogP contribution in [0.15, 0.2) is 51.7 Å². The fourth-order valence-electron chi connectivity index (χ4n) is 4.17. The Bertz CT molecular complexity index is 1170. The van der Waals surface area contributed by atoms with E-state index < -0.39 is 5.63 Å². The zero-order valence-corrected chi connectivity index (χ0v) is 19.2. The Morgan fingerprint density at radius 1 is 1.09 bits per heavy atom. The molecule has 0 atom stereocenters. The molecule has 0 radical (unpaired) electrons. The van der Waals surface area contributed by atoms with Crippen molar-refractivity contribution in [3.63, 3.8) is 0 Å². The van der Waals surface area contributed by atoms with E-state index in [1.165, 1.54) is 18.7 Å². The summed E-state index contributed by atoms with van der Waals surface area (Å²) in [4.78, 5) is 28.9. The van der Waals surface area contributed by atoms with Crippen LogP contribution < -0.4 is 15.3 Å². The summed E-state index contributed by atoms with van der Waals surface area (Å²) in [7, 11) is 0. The largest absolute Gasteiger partial charge is 0.493 e. The molecule has 3 aromatic rings. The predicted molar refractivity (Wildman–Crippen MR) is 127 cm³/mol. The Morgan fingerprint density at radius 3 is 2.50 bits per heavy atom. The van der Waals surface area contributed by atoms with Gasteiger partial charge in [-0.1, -0.05) is 11.6 Å². The number of aryl methyl sites for hydroxylation is 1. The second-order valence-corrected chi connectivity index (χ2v) is 8.56. The van der Waals surface area contributed by atoms with E-state index in [9.17, 15) is 9.59 Å². The van der Waals surface area contributed by atoms with Crippen LogP contribution in [-0.2, 0) is 0 Å². The van der Waals surface area contributed by atoms with Gasteiger partial charge in [0.2, 0.25) is 0 Å². The van der Waals surface area contributed by atoms with Crippen molar-refractivity contribution in [2.45, 2.75) is 20.3 Å². The molecule has 2 aromatic carbocycles. The first-order valence-electron chi connectivity index (χ1n) is 10.9. The minimum absolute atomic E-state index is 0.183. The molecule has 168 valence electrons. The van der Waals surface area contributed by atoms with Crippen LogP contribution in [0.5, 0.6) is 5.75 Å². The third-order valence-electron chi connectivity index (χ3n) is 5.87. The molecule has 0 unspecified atom stereocenters. The van der Waals surface area contributed by atoms with Crippen LogP contribution in [0.3, 0.4) is 0 Å². The van der Waals surface area contributed by atoms with Crippen molar-refractivity contribution in [1.29, 1.82) is 0 Å². The second-order valence-electron chi connectivity index (χ2n) is 8.13. The third-order valence-corrected chi connectivity index (χ3v) is 6.13. The Kier molecular flexibility index (Phi) is 6.82. The number of Topliss-reactive ketones (excluding diaryl/α,β-unsaturated/α-hetero) is 1. The Balaban J connectivity index is 1.32. The number of halogens is 1. The number of benzene rings is 2. The molecule has 6 nitrogen and oxygen atoms in total. The van der Waals surface area contributed by atoms with Gasteiger partial charge in [0, 0.05) is 54.9 Å². The quantitative estimate of drug-likeness (QED) is 0.296. The number of anilines is 1. The van der Waals surface area contributed by atoms with E-state index in [-0.39, 0.29) is 5.78 Å². The molecule has 0 bridgehead atoms. The number of hydrogen-bond donors (Lipinski definition) is 0. The lowest BCUT2D eigenvalue weighted by molar-refractivity contribution is 0.101. The summed E-state index contributed by atoms with van der Waals surface area (Å²) in [6.07, 6.45) is 0.841. The Morgan fingerprint density at radius 2 is 1.81 bits per heavy atom. The lowest BCUT2D eigenvalue weighted by Gasteiger charge is -2.36. The van der Waals surface area contributed by atoms with E-state index in [0.29, 0.717) is 23.5 Å². The summed E-state index contributed by atoms with van der Waals surface area (Å²) in [6.45, 7) is 8.62. The number of fused-ring (bicyclic) bond motifs is 1. The van der Waals surface area contributed by atoms with Gasteiger partial charge in [0.15, 0.2) is 11.4 Å². The number of carbonyl (C=O) groups is 1. The number of ether oxygens (including phenoxy) is 1. The van der Waals surface area contributed by atoms with Gasteiger partial charge in [0.05, 0.1) is 6.61 Å². The minimum Gasteiger partial charge on any atom is -0.493 e. The van der Waals surface area contributed by atoms with Crippen molar-refractivity contribution >= 4 is 34.0 Å². The van der Waals surface area contributed by atoms with Gasteiger partial charge < -0.3 is 14.1 Å². The number of piperazine rings is 1. The van der Waals surface area contributed by atoms with E-state index in [4.69, 9.17) is 20.8 Å². The molecule has 1 saturated heterocycles. The highest BCUT2D eigenvalue weighted by Crippen LogP contribution is 2.29. The summed E-state index contributed by atoms with van der Waals surface area (Å²) < 4.78 is 11.3. The summed E-state index contributed by atoms with van der Waals surface area (Å²) >= 11 is 5.98. The zero-order chi connectivity index (χ0) is 22.7. The summed E-state index contributed by atoms with van der Waals surface area (Å²) in [6, 6.07) is 13.0. The van der Waals surface area contributed by atoms with Crippen LogP contribution in [-0.4, -0.2) is 50.0 Å². The molecule has 7 heteroatoms. The number of ketones is 1. The molecule has 0 amide bonds. The van der Waals surface area contributed by atoms with Crippen LogP contribution in [0.2, 0.25) is 5.02 Å². The van der Waals surface area contributed by atoms with Crippen molar-refractivity contribution in [2.75, 3.05) is 44.2 Å². The highest BCUT2D eigenvalue weighted by Gasteiger charge is 2.19. The second kappa shape index (κ2) is 9.76. The molecule has 1 aromatic heterocycles. The molecule has 0 spiro atoms. The van der Waals surface area contributed by atoms with Crippen molar-refractivity contribution in [3.05, 3.63) is 69.0 Å². The highest BCUT2D eigenvalue weighted by molar-refractivity contribution is 6.30. The molecular formula is C25H27ClN2O4. The van der Waals surface area contributed by atoms with Gasteiger partial charge >= 0.3 is 5.63 Å². The summed E-state index contributed by atoms with van der Waals surface area (Å²) in [5, 5.41) is 1.50. The van der Waals surface area contributed by atoms with Crippen molar-refractivity contribution in [1.82, 2.24) is 4.90 Å². The summed E-state index contributed by atoms with van der Waals surface area (Å²) in [5.74, 6) is 0.281. The van der Waals surface area contributed by atoms with E-state index in [0.717, 1.165) is 55.1 Å². The normalized spacial score (nSPS) is 14.7. The summed E-state index contributed by atoms with van der Waals surface area (Å²) in [5.41, 5.74) is 2.15. The molecule has 0 N–H and O–H groups in total. The fraction of sp³-hybridized carbons (Fsp3) is 0.360. The van der Waals surface area contributed by atoms with E-state index in [1.807, 2.05) is 25.1 Å². The Labute approximate surface area is 192 Å². The molecule has 0 aliphatic carbocycles. The first-order chi connectivity index (χ1) is 15.4. The maximum atomic E-state index is 12.3. The van der Waals surface area contributed by atoms with E-state index in [2.05, 4.69) is 21.9 Å². The average molecular weight is 455 g/mol. The average Bonchev–Trinajstić information content (AvgIpc) is 2.77. The van der Waals surface area contributed by atoms with Crippen molar-refractivity contribution in [3.8, 4) is 5.75 Å². The van der Waals surface area contributed by atoms with Crippen LogP contribution in [0.1, 0.15) is 29.3 Å². The molecule has 32 heavy (non-hydrogen) atoms. The van der Waals surface area contributed by atoms with E-state index in [1.54, 1.807) is 6.07 Å². The third kappa shape index (κ3) is 4.97. The van der Waals surface area contributed by atoms with Gasteiger partial charge in [0.25, 0.3) is 0 Å². The maximum Gasteiger partial charge on any atom is 0.336 e. The zero-order valence-electron chi connectivity index (χ0n) is 18.4. The standard InChI is InChI=1S/C25H27ClN2O4/c1-17-16-23(30)32-25-21(17)8-9-22(24(25)18(2)29)31-15-3-10-27-11-13-28(14-12-27)20-6-4-19(26)5-7-20/h4-9,16H,3,10-15H2,1-2H3. The molecule has 4 rings (SSSR count). The molecule has 1 aliphatic heterocycles. The van der Waals surface area contributed by atoms with Crippen LogP contribution in [0.25, 0.3) is 11.0 Å². The number of nitrogens with zero attached hydrogens (tertiary/aromatic N) is 2. The first-order valence-corrected chi connectivity index (χ1v) is 11.2. The maximum absolute atomic E-state index is 12.3. The molecule has 0 saturated carbocycles. The SMILES string of the molecule is CC(=O)c1c(OCCCN2CCN(c3ccc(Cl)cc3)CC2)ccc2c(C)cc(=O)oc12. The lowest BCUT2D eigenvalue weighted by atomic mass is 10.0. The first kappa shape index (κ1) is 22.4. The van der Waals surface area contributed by atoms with Crippen molar-refractivity contribution in [2.24, 2.45) is 0 Å². The van der Waals surface area contributed by atoms with Crippen LogP contribution in [0, 0.1) is 6.92 Å². The van der Waals surface area contributed by atoms with Gasteiger partial charge in [-0.3, -0.25) is 9.69 Å². The Hall–Kier alpha value is -2.83. The van der Waals surface area contributed by atoms with Crippen molar-refractivity contribution < 1.29 is 13.9 Å². The monoisotopic (exact) mass is 454 g/mol. The molecule has 1 aliphatic rings. The number of carbonyl (C=O) groups excluding carboxylic acids is 1. The van der Waals surface area contributed by atoms with Gasteiger partial charge in [-0.25, -0.2) is 4.79 Å². The topological polar surface area (TPSA) is 63.0 Å². The van der Waals surface area contributed by atoms with E-state index >= 15 is 0 Å². The van der Waals surface area contributed by atoms with Gasteiger partial charge in [0.1, 0.15) is 11.3 Å². The van der Waals surface area contributed by atoms with Gasteiger partial charge in [-0.05, 0) is 62.2 Å². The molecular weight excluding hydrogens is 428 g/mol. The van der Waals surface area contributed by atoms with Gasteiger partial charge in [-0.2, -0.15) is 0 Å². The lowest BCUT2D eigenvalue weighted by Crippen LogP contribution is -2.46. The predicted octanol–water partition coefficient (Wildman–Crippen LogP) is 4.55. The van der Waals surface area contributed by atoms with Gasteiger partial charge in [-0.15, -0.1) is 0 Å².